The molecule has 20 heavy (non-hydrogen) atoms. The predicted molar refractivity (Wildman–Crippen MR) is 87.1 cm³/mol. The Hall–Kier alpha value is -0.860. The first-order chi connectivity index (χ1) is 9.40. The largest absolute Gasteiger partial charge is 0.311 e. The Labute approximate surface area is 124 Å². The van der Waals surface area contributed by atoms with Gasteiger partial charge in [0.15, 0.2) is 0 Å². The molecule has 0 bridgehead atoms. The van der Waals surface area contributed by atoms with Crippen LogP contribution in [0, 0.1) is 0 Å². The number of benzene rings is 1. The highest BCUT2D eigenvalue weighted by atomic mass is 15.2. The van der Waals surface area contributed by atoms with E-state index in [1.54, 1.807) is 0 Å². The highest BCUT2D eigenvalue weighted by Gasteiger charge is 2.24. The summed E-state index contributed by atoms with van der Waals surface area (Å²) in [5, 5.41) is 3.59. The number of hydrogen-bond acceptors (Lipinski definition) is 2. The highest BCUT2D eigenvalue weighted by molar-refractivity contribution is 5.27. The normalized spacial score (nSPS) is 24.9. The van der Waals surface area contributed by atoms with Gasteiger partial charge in [-0.2, -0.15) is 0 Å². The minimum atomic E-state index is 0.244. The van der Waals surface area contributed by atoms with Crippen molar-refractivity contribution in [1.29, 1.82) is 0 Å². The van der Waals surface area contributed by atoms with Crippen LogP contribution >= 0.6 is 0 Å². The molecule has 1 aliphatic rings. The van der Waals surface area contributed by atoms with Crippen molar-refractivity contribution in [2.75, 3.05) is 13.1 Å². The molecule has 2 rings (SSSR count). The van der Waals surface area contributed by atoms with Crippen LogP contribution in [-0.2, 0) is 12.0 Å². The van der Waals surface area contributed by atoms with Gasteiger partial charge in [-0.3, -0.25) is 4.90 Å². The molecule has 2 heteroatoms. The molecule has 1 N–H and O–H groups in total. The Balaban J connectivity index is 2.05. The van der Waals surface area contributed by atoms with Gasteiger partial charge in [-0.05, 0) is 29.9 Å². The highest BCUT2D eigenvalue weighted by Crippen LogP contribution is 2.23. The van der Waals surface area contributed by atoms with Crippen molar-refractivity contribution in [2.45, 2.75) is 65.1 Å². The summed E-state index contributed by atoms with van der Waals surface area (Å²) in [5.41, 5.74) is 3.10. The molecule has 112 valence electrons. The molecule has 0 amide bonds. The molecule has 1 aliphatic heterocycles. The lowest BCUT2D eigenvalue weighted by molar-refractivity contribution is 0.124. The minimum absolute atomic E-state index is 0.244. The Kier molecular flexibility index (Phi) is 4.87. The first-order valence-electron chi connectivity index (χ1n) is 7.97. The van der Waals surface area contributed by atoms with E-state index in [0.717, 1.165) is 19.6 Å². The average molecular weight is 274 g/mol. The van der Waals surface area contributed by atoms with Gasteiger partial charge < -0.3 is 5.32 Å². The van der Waals surface area contributed by atoms with Crippen LogP contribution in [0.25, 0.3) is 0 Å². The second-order valence-corrected chi connectivity index (χ2v) is 7.25. The molecule has 0 radical (unpaired) electrons. The third kappa shape index (κ3) is 3.83. The summed E-state index contributed by atoms with van der Waals surface area (Å²) in [5.74, 6) is 0. The lowest BCUT2D eigenvalue weighted by Gasteiger charge is -2.39. The molecule has 0 saturated carbocycles. The van der Waals surface area contributed by atoms with Crippen LogP contribution in [0.2, 0.25) is 0 Å². The molecule has 1 aromatic carbocycles. The van der Waals surface area contributed by atoms with E-state index in [1.807, 2.05) is 0 Å². The summed E-state index contributed by atoms with van der Waals surface area (Å²) in [7, 11) is 0. The van der Waals surface area contributed by atoms with Crippen molar-refractivity contribution in [2.24, 2.45) is 0 Å². The van der Waals surface area contributed by atoms with Gasteiger partial charge in [-0.15, -0.1) is 0 Å². The van der Waals surface area contributed by atoms with E-state index >= 15 is 0 Å². The average Bonchev–Trinajstić information content (AvgIpc) is 2.38. The van der Waals surface area contributed by atoms with Crippen LogP contribution in [0.4, 0.5) is 0 Å². The number of rotatable bonds is 3. The molecule has 1 heterocycles. The van der Waals surface area contributed by atoms with Crippen molar-refractivity contribution >= 4 is 0 Å². The Morgan fingerprint density at radius 2 is 1.85 bits per heavy atom. The van der Waals surface area contributed by atoms with Crippen molar-refractivity contribution in [1.82, 2.24) is 10.2 Å². The maximum atomic E-state index is 3.59. The Morgan fingerprint density at radius 3 is 2.40 bits per heavy atom. The molecular weight excluding hydrogens is 244 g/mol. The van der Waals surface area contributed by atoms with Crippen LogP contribution in [0.1, 0.15) is 52.2 Å². The second-order valence-electron chi connectivity index (χ2n) is 7.25. The van der Waals surface area contributed by atoms with Gasteiger partial charge in [0.25, 0.3) is 0 Å². The molecule has 0 aliphatic carbocycles. The van der Waals surface area contributed by atoms with Crippen LogP contribution in [0.5, 0.6) is 0 Å². The molecule has 2 nitrogen and oxygen atoms in total. The van der Waals surface area contributed by atoms with E-state index in [2.05, 4.69) is 69.1 Å². The zero-order chi connectivity index (χ0) is 14.8. The van der Waals surface area contributed by atoms with Crippen molar-refractivity contribution in [3.8, 4) is 0 Å². The van der Waals surface area contributed by atoms with E-state index in [-0.39, 0.29) is 5.41 Å². The molecule has 1 fully saturated rings. The number of piperazine rings is 1. The third-order valence-corrected chi connectivity index (χ3v) is 4.40. The van der Waals surface area contributed by atoms with Crippen molar-refractivity contribution in [3.05, 3.63) is 35.4 Å². The van der Waals surface area contributed by atoms with Crippen LogP contribution in [0.15, 0.2) is 24.3 Å². The van der Waals surface area contributed by atoms with Gasteiger partial charge in [0.1, 0.15) is 0 Å². The molecule has 1 aromatic rings. The molecule has 2 unspecified atom stereocenters. The molecule has 1 saturated heterocycles. The number of nitrogens with zero attached hydrogens (tertiary/aromatic N) is 1. The summed E-state index contributed by atoms with van der Waals surface area (Å²) in [6, 6.07) is 10.5. The molecule has 2 atom stereocenters. The monoisotopic (exact) mass is 274 g/mol. The number of hydrogen-bond donors (Lipinski definition) is 1. The molecule has 0 spiro atoms. The maximum absolute atomic E-state index is 3.59. The summed E-state index contributed by atoms with van der Waals surface area (Å²) in [6.07, 6.45) is 1.22. The lowest BCUT2D eigenvalue weighted by Crippen LogP contribution is -2.54. The van der Waals surface area contributed by atoms with Gasteiger partial charge in [0.05, 0.1) is 0 Å². The topological polar surface area (TPSA) is 15.3 Å². The summed E-state index contributed by atoms with van der Waals surface area (Å²) < 4.78 is 0. The van der Waals surface area contributed by atoms with Crippen molar-refractivity contribution < 1.29 is 0 Å². The molecular formula is C18H30N2. The van der Waals surface area contributed by atoms with Gasteiger partial charge in [-0.1, -0.05) is 52.0 Å². The zero-order valence-corrected chi connectivity index (χ0v) is 13.7. The predicted octanol–water partition coefficient (Wildman–Crippen LogP) is 3.56. The van der Waals surface area contributed by atoms with Crippen LogP contribution in [-0.4, -0.2) is 30.1 Å². The van der Waals surface area contributed by atoms with Gasteiger partial charge in [0, 0.05) is 31.7 Å². The Morgan fingerprint density at radius 1 is 1.20 bits per heavy atom. The summed E-state index contributed by atoms with van der Waals surface area (Å²) in [6.45, 7) is 14.7. The number of nitrogens with one attached hydrogen (secondary N) is 1. The second kappa shape index (κ2) is 6.28. The first kappa shape index (κ1) is 15.5. The van der Waals surface area contributed by atoms with Crippen LogP contribution < -0.4 is 5.32 Å². The minimum Gasteiger partial charge on any atom is -0.311 e. The fourth-order valence-corrected chi connectivity index (χ4v) is 2.97. The van der Waals surface area contributed by atoms with E-state index in [9.17, 15) is 0 Å². The fourth-order valence-electron chi connectivity index (χ4n) is 2.97. The lowest BCUT2D eigenvalue weighted by atomic mass is 9.86. The summed E-state index contributed by atoms with van der Waals surface area (Å²) >= 11 is 0. The SMILES string of the molecule is CCC1CNC(C)CN1Cc1ccc(C(C)(C)C)cc1. The standard InChI is InChI=1S/C18H30N2/c1-6-17-11-19-14(2)12-20(17)13-15-7-9-16(10-8-15)18(3,4)5/h7-10,14,17,19H,6,11-13H2,1-5H3. The van der Waals surface area contributed by atoms with Crippen molar-refractivity contribution in [3.63, 3.8) is 0 Å². The third-order valence-electron chi connectivity index (χ3n) is 4.40. The quantitative estimate of drug-likeness (QED) is 0.906. The van der Waals surface area contributed by atoms with E-state index < -0.39 is 0 Å². The maximum Gasteiger partial charge on any atom is 0.0237 e. The van der Waals surface area contributed by atoms with E-state index in [4.69, 9.17) is 0 Å². The molecule has 0 aromatic heterocycles. The summed E-state index contributed by atoms with van der Waals surface area (Å²) in [4.78, 5) is 2.63. The smallest absolute Gasteiger partial charge is 0.0237 e. The Bertz CT molecular complexity index is 416. The van der Waals surface area contributed by atoms with Crippen LogP contribution in [0.3, 0.4) is 0 Å². The van der Waals surface area contributed by atoms with Gasteiger partial charge in [-0.25, -0.2) is 0 Å². The van der Waals surface area contributed by atoms with Gasteiger partial charge in [0.2, 0.25) is 0 Å². The van der Waals surface area contributed by atoms with Gasteiger partial charge >= 0.3 is 0 Å². The first-order valence-corrected chi connectivity index (χ1v) is 7.97. The van der Waals surface area contributed by atoms with E-state index in [1.165, 1.54) is 17.5 Å². The zero-order valence-electron chi connectivity index (χ0n) is 13.7. The van der Waals surface area contributed by atoms with E-state index in [0.29, 0.717) is 12.1 Å². The fraction of sp³-hybridized carbons (Fsp3) is 0.667.